The van der Waals surface area contributed by atoms with Gasteiger partial charge in [-0.2, -0.15) is 4.31 Å². The Bertz CT molecular complexity index is 641. The van der Waals surface area contributed by atoms with E-state index in [1.54, 1.807) is 0 Å². The van der Waals surface area contributed by atoms with E-state index in [-0.39, 0.29) is 16.2 Å². The van der Waals surface area contributed by atoms with Crippen LogP contribution in [-0.4, -0.2) is 44.0 Å². The summed E-state index contributed by atoms with van der Waals surface area (Å²) in [6, 6.07) is 3.82. The van der Waals surface area contributed by atoms with Crippen molar-refractivity contribution in [2.75, 3.05) is 20.2 Å². The van der Waals surface area contributed by atoms with Crippen molar-refractivity contribution in [3.63, 3.8) is 0 Å². The zero-order valence-electron chi connectivity index (χ0n) is 12.1. The molecule has 1 aliphatic heterocycles. The van der Waals surface area contributed by atoms with Crippen LogP contribution < -0.4 is 4.74 Å². The number of carboxylic acid groups (broad SMARTS) is 1. The summed E-state index contributed by atoms with van der Waals surface area (Å²) in [7, 11) is -2.33. The van der Waals surface area contributed by atoms with Gasteiger partial charge < -0.3 is 9.84 Å². The van der Waals surface area contributed by atoms with Crippen LogP contribution in [0.2, 0.25) is 0 Å². The minimum atomic E-state index is -3.66. The second-order valence-corrected chi connectivity index (χ2v) is 7.19. The fraction of sp³-hybridized carbons (Fsp3) is 0.500. The molecule has 1 unspecified atom stereocenters. The second-order valence-electron chi connectivity index (χ2n) is 5.28. The van der Waals surface area contributed by atoms with Crippen LogP contribution in [0, 0.1) is 5.92 Å². The number of aromatic carboxylic acids is 1. The Hall–Kier alpha value is -1.60. The Morgan fingerprint density at radius 2 is 2.14 bits per heavy atom. The van der Waals surface area contributed by atoms with Crippen molar-refractivity contribution in [2.45, 2.75) is 24.7 Å². The first-order valence-electron chi connectivity index (χ1n) is 6.77. The lowest BCUT2D eigenvalue weighted by molar-refractivity contribution is 0.0696. The highest BCUT2D eigenvalue weighted by atomic mass is 32.2. The van der Waals surface area contributed by atoms with Gasteiger partial charge in [-0.05, 0) is 37.0 Å². The Morgan fingerprint density at radius 3 is 2.71 bits per heavy atom. The zero-order valence-corrected chi connectivity index (χ0v) is 12.9. The molecule has 1 atom stereocenters. The van der Waals surface area contributed by atoms with Crippen LogP contribution in [0.25, 0.3) is 0 Å². The first kappa shape index (κ1) is 15.8. The molecule has 21 heavy (non-hydrogen) atoms. The Morgan fingerprint density at radius 1 is 1.43 bits per heavy atom. The van der Waals surface area contributed by atoms with Crippen LogP contribution >= 0.6 is 0 Å². The van der Waals surface area contributed by atoms with E-state index in [0.717, 1.165) is 12.8 Å². The first-order chi connectivity index (χ1) is 9.86. The molecule has 7 heteroatoms. The summed E-state index contributed by atoms with van der Waals surface area (Å²) in [5.41, 5.74) is -0.00203. The summed E-state index contributed by atoms with van der Waals surface area (Å²) in [5, 5.41) is 8.97. The monoisotopic (exact) mass is 313 g/mol. The fourth-order valence-corrected chi connectivity index (χ4v) is 4.25. The lowest BCUT2D eigenvalue weighted by Crippen LogP contribution is -2.39. The summed E-state index contributed by atoms with van der Waals surface area (Å²) in [5.74, 6) is -0.741. The van der Waals surface area contributed by atoms with Gasteiger partial charge in [0.05, 0.1) is 12.7 Å². The Labute approximate surface area is 124 Å². The number of hydrogen-bond acceptors (Lipinski definition) is 4. The van der Waals surface area contributed by atoms with E-state index in [2.05, 4.69) is 0 Å². The Balaban J connectivity index is 2.42. The highest BCUT2D eigenvalue weighted by molar-refractivity contribution is 7.89. The van der Waals surface area contributed by atoms with Gasteiger partial charge in [-0.3, -0.25) is 0 Å². The summed E-state index contributed by atoms with van der Waals surface area (Å²) >= 11 is 0. The third-order valence-electron chi connectivity index (χ3n) is 3.65. The smallest absolute Gasteiger partial charge is 0.335 e. The average molecular weight is 313 g/mol. The number of hydrogen-bond donors (Lipinski definition) is 1. The molecule has 0 aromatic heterocycles. The summed E-state index contributed by atoms with van der Waals surface area (Å²) in [6.45, 7) is 2.98. The molecule has 1 fully saturated rings. The maximum absolute atomic E-state index is 12.7. The molecule has 2 rings (SSSR count). The molecule has 1 aliphatic rings. The summed E-state index contributed by atoms with van der Waals surface area (Å²) in [4.78, 5) is 11.0. The number of ether oxygens (including phenoxy) is 1. The number of carboxylic acids is 1. The first-order valence-corrected chi connectivity index (χ1v) is 8.21. The van der Waals surface area contributed by atoms with Crippen LogP contribution in [0.1, 0.15) is 30.1 Å². The maximum Gasteiger partial charge on any atom is 0.335 e. The summed E-state index contributed by atoms with van der Waals surface area (Å²) in [6.07, 6.45) is 1.84. The minimum Gasteiger partial charge on any atom is -0.495 e. The van der Waals surface area contributed by atoms with Gasteiger partial charge in [-0.1, -0.05) is 6.92 Å². The van der Waals surface area contributed by atoms with Gasteiger partial charge in [0.1, 0.15) is 10.6 Å². The number of piperidine rings is 1. The fourth-order valence-electron chi connectivity index (χ4n) is 2.52. The molecule has 0 radical (unpaired) electrons. The molecule has 0 saturated carbocycles. The molecule has 1 aromatic carbocycles. The van der Waals surface area contributed by atoms with Crippen LogP contribution in [0.4, 0.5) is 0 Å². The van der Waals surface area contributed by atoms with Crippen molar-refractivity contribution in [3.8, 4) is 5.75 Å². The number of nitrogens with zero attached hydrogens (tertiary/aromatic N) is 1. The standard InChI is InChI=1S/C14H19NO5S/c1-10-4-3-7-15(9-10)21(18,19)13-6-5-11(14(16)17)8-12(13)20-2/h5-6,8,10H,3-4,7,9H2,1-2H3,(H,16,17). The molecule has 116 valence electrons. The van der Waals surface area contributed by atoms with E-state index in [4.69, 9.17) is 9.84 Å². The van der Waals surface area contributed by atoms with Crippen LogP contribution in [0.15, 0.2) is 23.1 Å². The van der Waals surface area contributed by atoms with Gasteiger partial charge in [0.2, 0.25) is 10.0 Å². The zero-order chi connectivity index (χ0) is 15.6. The lowest BCUT2D eigenvalue weighted by atomic mass is 10.0. The molecule has 0 bridgehead atoms. The second kappa shape index (κ2) is 6.03. The molecular formula is C14H19NO5S. The number of methoxy groups -OCH3 is 1. The predicted octanol–water partition coefficient (Wildman–Crippen LogP) is 1.81. The predicted molar refractivity (Wildman–Crippen MR) is 77.1 cm³/mol. The molecule has 1 aromatic rings. The van der Waals surface area contributed by atoms with Crippen molar-refractivity contribution < 1.29 is 23.1 Å². The third kappa shape index (κ3) is 3.19. The van der Waals surface area contributed by atoms with E-state index in [0.29, 0.717) is 19.0 Å². The highest BCUT2D eigenvalue weighted by Gasteiger charge is 2.31. The molecule has 6 nitrogen and oxygen atoms in total. The van der Waals surface area contributed by atoms with Gasteiger partial charge in [0, 0.05) is 13.1 Å². The molecule has 1 saturated heterocycles. The van der Waals surface area contributed by atoms with Crippen molar-refractivity contribution in [1.82, 2.24) is 4.31 Å². The Kier molecular flexibility index (Phi) is 4.53. The van der Waals surface area contributed by atoms with Gasteiger partial charge in [-0.15, -0.1) is 0 Å². The quantitative estimate of drug-likeness (QED) is 0.916. The van der Waals surface area contributed by atoms with E-state index >= 15 is 0 Å². The third-order valence-corrected chi connectivity index (χ3v) is 5.55. The number of carbonyl (C=O) groups is 1. The van der Waals surface area contributed by atoms with E-state index in [9.17, 15) is 13.2 Å². The lowest BCUT2D eigenvalue weighted by Gasteiger charge is -2.30. The van der Waals surface area contributed by atoms with Crippen LogP contribution in [0.3, 0.4) is 0 Å². The van der Waals surface area contributed by atoms with Crippen LogP contribution in [-0.2, 0) is 10.0 Å². The minimum absolute atomic E-state index is 0.00203. The van der Waals surface area contributed by atoms with Crippen molar-refractivity contribution in [2.24, 2.45) is 5.92 Å². The van der Waals surface area contributed by atoms with Crippen LogP contribution in [0.5, 0.6) is 5.75 Å². The number of benzene rings is 1. The highest BCUT2D eigenvalue weighted by Crippen LogP contribution is 2.30. The SMILES string of the molecule is COc1cc(C(=O)O)ccc1S(=O)(=O)N1CCCC(C)C1. The summed E-state index contributed by atoms with van der Waals surface area (Å²) < 4.78 is 31.9. The molecule has 1 heterocycles. The molecular weight excluding hydrogens is 294 g/mol. The average Bonchev–Trinajstić information content (AvgIpc) is 2.46. The maximum atomic E-state index is 12.7. The van der Waals surface area contributed by atoms with E-state index < -0.39 is 16.0 Å². The van der Waals surface area contributed by atoms with Gasteiger partial charge in [0.15, 0.2) is 0 Å². The largest absolute Gasteiger partial charge is 0.495 e. The molecule has 0 aliphatic carbocycles. The number of sulfonamides is 1. The molecule has 0 amide bonds. The normalized spacial score (nSPS) is 20.2. The molecule has 0 spiro atoms. The van der Waals surface area contributed by atoms with Gasteiger partial charge in [-0.25, -0.2) is 13.2 Å². The van der Waals surface area contributed by atoms with E-state index in [1.807, 2.05) is 6.92 Å². The van der Waals surface area contributed by atoms with Gasteiger partial charge in [0.25, 0.3) is 0 Å². The van der Waals surface area contributed by atoms with Crippen molar-refractivity contribution >= 4 is 16.0 Å². The number of rotatable bonds is 4. The van der Waals surface area contributed by atoms with E-state index in [1.165, 1.54) is 29.6 Å². The molecule has 1 N–H and O–H groups in total. The van der Waals surface area contributed by atoms with Crippen molar-refractivity contribution in [1.29, 1.82) is 0 Å². The van der Waals surface area contributed by atoms with Crippen molar-refractivity contribution in [3.05, 3.63) is 23.8 Å². The topological polar surface area (TPSA) is 83.9 Å². The van der Waals surface area contributed by atoms with Gasteiger partial charge >= 0.3 is 5.97 Å².